The van der Waals surface area contributed by atoms with Gasteiger partial charge in [-0.3, -0.25) is 4.79 Å². The average molecular weight is 383 g/mol. The van der Waals surface area contributed by atoms with Gasteiger partial charge in [0.15, 0.2) is 0 Å². The molecule has 1 aliphatic rings. The Morgan fingerprint density at radius 3 is 2.59 bits per heavy atom. The van der Waals surface area contributed by atoms with Crippen LogP contribution in [0.5, 0.6) is 0 Å². The van der Waals surface area contributed by atoms with Crippen LogP contribution < -0.4 is 10.6 Å². The Labute approximate surface area is 164 Å². The van der Waals surface area contributed by atoms with Crippen molar-refractivity contribution in [1.82, 2.24) is 10.6 Å². The van der Waals surface area contributed by atoms with Gasteiger partial charge in [-0.2, -0.15) is 0 Å². The first kappa shape index (κ1) is 23.7. The largest absolute Gasteiger partial charge is 0.394 e. The summed E-state index contributed by atoms with van der Waals surface area (Å²) in [5.41, 5.74) is 1.01. The van der Waals surface area contributed by atoms with Gasteiger partial charge in [-0.15, -0.1) is 6.58 Å². The van der Waals surface area contributed by atoms with Crippen LogP contribution in [0.15, 0.2) is 24.9 Å². The second-order valence-corrected chi connectivity index (χ2v) is 7.37. The van der Waals surface area contributed by atoms with E-state index in [0.717, 1.165) is 24.5 Å². The van der Waals surface area contributed by atoms with Crippen LogP contribution in [0.1, 0.15) is 45.4 Å². The van der Waals surface area contributed by atoms with Crippen molar-refractivity contribution in [2.75, 3.05) is 39.6 Å². The summed E-state index contributed by atoms with van der Waals surface area (Å²) in [6.07, 6.45) is 7.44. The van der Waals surface area contributed by atoms with Crippen LogP contribution >= 0.6 is 0 Å². The van der Waals surface area contributed by atoms with Gasteiger partial charge in [0.1, 0.15) is 0 Å². The molecular weight excluding hydrogens is 344 g/mol. The van der Waals surface area contributed by atoms with Crippen LogP contribution in [0, 0.1) is 11.8 Å². The zero-order valence-electron chi connectivity index (χ0n) is 16.9. The molecule has 1 atom stereocenters. The van der Waals surface area contributed by atoms with Crippen molar-refractivity contribution >= 4 is 5.91 Å². The molecule has 0 saturated heterocycles. The normalized spacial score (nSPS) is 20.7. The fourth-order valence-electron chi connectivity index (χ4n) is 3.24. The summed E-state index contributed by atoms with van der Waals surface area (Å²) in [4.78, 5) is 11.9. The molecule has 0 aromatic carbocycles. The molecule has 6 heteroatoms. The van der Waals surface area contributed by atoms with E-state index in [9.17, 15) is 9.90 Å². The highest BCUT2D eigenvalue weighted by atomic mass is 16.5. The summed E-state index contributed by atoms with van der Waals surface area (Å²) >= 11 is 0. The number of allylic oxidation sites excluding steroid dienone is 1. The SMILES string of the molecule is C=CCOCCOCCNC(=O)CC[C@@H](CO)NC(=C)C1CCC(C)CC1. The zero-order valence-corrected chi connectivity index (χ0v) is 16.9. The van der Waals surface area contributed by atoms with Gasteiger partial charge in [0, 0.05) is 24.7 Å². The van der Waals surface area contributed by atoms with Gasteiger partial charge in [0.2, 0.25) is 5.91 Å². The van der Waals surface area contributed by atoms with E-state index in [1.165, 1.54) is 12.8 Å². The third-order valence-corrected chi connectivity index (χ3v) is 5.01. The van der Waals surface area contributed by atoms with E-state index in [4.69, 9.17) is 9.47 Å². The fraction of sp³-hybridized carbons (Fsp3) is 0.762. The van der Waals surface area contributed by atoms with Crippen molar-refractivity contribution in [3.63, 3.8) is 0 Å². The lowest BCUT2D eigenvalue weighted by atomic mass is 9.81. The van der Waals surface area contributed by atoms with Crippen molar-refractivity contribution in [1.29, 1.82) is 0 Å². The number of aliphatic hydroxyl groups excluding tert-OH is 1. The zero-order chi connectivity index (χ0) is 19.9. The molecule has 1 aliphatic carbocycles. The summed E-state index contributed by atoms with van der Waals surface area (Å²) in [5.74, 6) is 1.26. The second-order valence-electron chi connectivity index (χ2n) is 7.37. The minimum Gasteiger partial charge on any atom is -0.394 e. The molecular formula is C21H38N2O4. The Kier molecular flexibility index (Phi) is 12.9. The highest BCUT2D eigenvalue weighted by Gasteiger charge is 2.22. The number of amides is 1. The average Bonchev–Trinajstić information content (AvgIpc) is 2.67. The summed E-state index contributed by atoms with van der Waals surface area (Å²) in [6, 6.07) is -0.124. The maximum absolute atomic E-state index is 11.9. The summed E-state index contributed by atoms with van der Waals surface area (Å²) in [5, 5.41) is 15.8. The van der Waals surface area contributed by atoms with Crippen molar-refractivity contribution < 1.29 is 19.4 Å². The summed E-state index contributed by atoms with van der Waals surface area (Å²) < 4.78 is 10.6. The maximum Gasteiger partial charge on any atom is 0.220 e. The van der Waals surface area contributed by atoms with E-state index in [1.807, 2.05) is 0 Å². The molecule has 156 valence electrons. The number of aliphatic hydroxyl groups is 1. The molecule has 0 spiro atoms. The number of nitrogens with one attached hydrogen (secondary N) is 2. The quantitative estimate of drug-likeness (QED) is 0.299. The highest BCUT2D eigenvalue weighted by Crippen LogP contribution is 2.31. The maximum atomic E-state index is 11.9. The first-order chi connectivity index (χ1) is 13.1. The summed E-state index contributed by atoms with van der Waals surface area (Å²) in [6.45, 7) is 12.5. The molecule has 1 amide bonds. The number of hydrogen-bond donors (Lipinski definition) is 3. The van der Waals surface area contributed by atoms with Gasteiger partial charge in [-0.1, -0.05) is 32.4 Å². The predicted molar refractivity (Wildman–Crippen MR) is 108 cm³/mol. The van der Waals surface area contributed by atoms with E-state index in [1.54, 1.807) is 6.08 Å². The Bertz CT molecular complexity index is 434. The molecule has 0 aliphatic heterocycles. The molecule has 1 fully saturated rings. The lowest BCUT2D eigenvalue weighted by Crippen LogP contribution is -2.36. The number of hydrogen-bond acceptors (Lipinski definition) is 5. The van der Waals surface area contributed by atoms with E-state index in [0.29, 0.717) is 51.7 Å². The standard InChI is InChI=1S/C21H38N2O4/c1-4-12-26-14-15-27-13-11-22-21(25)10-9-20(16-24)23-18(3)19-7-5-17(2)6-8-19/h4,17,19-20,23-24H,1,3,5-16H2,2H3,(H,22,25)/t17?,19?,20-/m0/s1. The molecule has 0 unspecified atom stereocenters. The van der Waals surface area contributed by atoms with Gasteiger partial charge in [0.25, 0.3) is 0 Å². The summed E-state index contributed by atoms with van der Waals surface area (Å²) in [7, 11) is 0. The Morgan fingerprint density at radius 2 is 1.93 bits per heavy atom. The molecule has 1 saturated carbocycles. The van der Waals surface area contributed by atoms with Crippen molar-refractivity contribution in [3.05, 3.63) is 24.9 Å². The molecule has 0 bridgehead atoms. The van der Waals surface area contributed by atoms with Gasteiger partial charge in [-0.25, -0.2) is 0 Å². The van der Waals surface area contributed by atoms with Crippen LogP contribution in [0.4, 0.5) is 0 Å². The fourth-order valence-corrected chi connectivity index (χ4v) is 3.24. The van der Waals surface area contributed by atoms with E-state index in [2.05, 4.69) is 30.7 Å². The molecule has 0 aromatic heterocycles. The van der Waals surface area contributed by atoms with Crippen LogP contribution in [0.2, 0.25) is 0 Å². The van der Waals surface area contributed by atoms with Gasteiger partial charge in [-0.05, 0) is 31.1 Å². The number of carbonyl (C=O) groups excluding carboxylic acids is 1. The Balaban J connectivity index is 2.10. The third kappa shape index (κ3) is 11.2. The van der Waals surface area contributed by atoms with Crippen LogP contribution in [-0.2, 0) is 14.3 Å². The van der Waals surface area contributed by atoms with E-state index < -0.39 is 0 Å². The van der Waals surface area contributed by atoms with Crippen LogP contribution in [0.25, 0.3) is 0 Å². The highest BCUT2D eigenvalue weighted by molar-refractivity contribution is 5.75. The smallest absolute Gasteiger partial charge is 0.220 e. The molecule has 27 heavy (non-hydrogen) atoms. The van der Waals surface area contributed by atoms with Gasteiger partial charge < -0.3 is 25.2 Å². The van der Waals surface area contributed by atoms with Crippen molar-refractivity contribution in [3.8, 4) is 0 Å². The monoisotopic (exact) mass is 382 g/mol. The minimum absolute atomic E-state index is 0.00322. The molecule has 3 N–H and O–H groups in total. The number of carbonyl (C=O) groups is 1. The van der Waals surface area contributed by atoms with Gasteiger partial charge in [0.05, 0.1) is 33.0 Å². The van der Waals surface area contributed by atoms with Crippen LogP contribution in [0.3, 0.4) is 0 Å². The molecule has 1 rings (SSSR count). The topological polar surface area (TPSA) is 79.8 Å². The first-order valence-electron chi connectivity index (χ1n) is 10.2. The van der Waals surface area contributed by atoms with Gasteiger partial charge >= 0.3 is 0 Å². The Hall–Kier alpha value is -1.37. The molecule has 0 radical (unpaired) electrons. The predicted octanol–water partition coefficient (Wildman–Crippen LogP) is 2.39. The lowest BCUT2D eigenvalue weighted by molar-refractivity contribution is -0.121. The second kappa shape index (κ2) is 14.7. The first-order valence-corrected chi connectivity index (χ1v) is 10.2. The van der Waals surface area contributed by atoms with E-state index >= 15 is 0 Å². The van der Waals surface area contributed by atoms with Crippen molar-refractivity contribution in [2.24, 2.45) is 11.8 Å². The van der Waals surface area contributed by atoms with Crippen LogP contribution in [-0.4, -0.2) is 56.6 Å². The lowest BCUT2D eigenvalue weighted by Gasteiger charge is -2.30. The Morgan fingerprint density at radius 1 is 1.22 bits per heavy atom. The third-order valence-electron chi connectivity index (χ3n) is 5.01. The molecule has 0 heterocycles. The van der Waals surface area contributed by atoms with Crippen molar-refractivity contribution in [2.45, 2.75) is 51.5 Å². The molecule has 6 nitrogen and oxygen atoms in total. The minimum atomic E-state index is -0.124. The number of ether oxygens (including phenoxy) is 2. The van der Waals surface area contributed by atoms with E-state index in [-0.39, 0.29) is 18.6 Å². The number of rotatable bonds is 15. The molecule has 0 aromatic rings.